The summed E-state index contributed by atoms with van der Waals surface area (Å²) in [5, 5.41) is 16.6. The molecule has 166 valence electrons. The number of halogens is 2. The van der Waals surface area contributed by atoms with E-state index in [2.05, 4.69) is 24.5 Å². The van der Waals surface area contributed by atoms with E-state index in [0.29, 0.717) is 33.2 Å². The summed E-state index contributed by atoms with van der Waals surface area (Å²) in [6.45, 7) is 4.19. The average Bonchev–Trinajstić information content (AvgIpc) is 3.22. The fourth-order valence-electron chi connectivity index (χ4n) is 2.95. The summed E-state index contributed by atoms with van der Waals surface area (Å²) in [4.78, 5) is 12.2. The van der Waals surface area contributed by atoms with Gasteiger partial charge in [-0.1, -0.05) is 43.1 Å². The van der Waals surface area contributed by atoms with Gasteiger partial charge in [0.1, 0.15) is 17.3 Å². The lowest BCUT2D eigenvalue weighted by Crippen LogP contribution is -2.32. The minimum Gasteiger partial charge on any atom is -0.506 e. The maximum atomic E-state index is 12.2. The van der Waals surface area contributed by atoms with E-state index >= 15 is 0 Å². The number of nitrogens with one attached hydrogen (secondary N) is 2. The lowest BCUT2D eigenvalue weighted by atomic mass is 9.98. The molecule has 0 bridgehead atoms. The van der Waals surface area contributed by atoms with Crippen molar-refractivity contribution in [3.63, 3.8) is 0 Å². The molecule has 0 spiro atoms. The van der Waals surface area contributed by atoms with E-state index in [-0.39, 0.29) is 10.9 Å². The highest BCUT2D eigenvalue weighted by Crippen LogP contribution is 2.30. The van der Waals surface area contributed by atoms with Crippen LogP contribution in [0.15, 0.2) is 59.0 Å². The number of carbonyl (C=O) groups excluding carboxylic acids is 1. The molecule has 0 unspecified atom stereocenters. The number of hydrogen-bond donors (Lipinski definition) is 3. The van der Waals surface area contributed by atoms with Crippen LogP contribution in [-0.2, 0) is 4.79 Å². The summed E-state index contributed by atoms with van der Waals surface area (Å²) in [6.07, 6.45) is 3.79. The van der Waals surface area contributed by atoms with Gasteiger partial charge in [-0.3, -0.25) is 10.1 Å². The molecule has 0 aliphatic rings. The Morgan fingerprint density at radius 1 is 1.16 bits per heavy atom. The monoisotopic (exact) mass is 488 g/mol. The molecule has 3 N–H and O–H groups in total. The van der Waals surface area contributed by atoms with Crippen molar-refractivity contribution in [2.75, 3.05) is 5.32 Å². The molecule has 1 aromatic heterocycles. The lowest BCUT2D eigenvalue weighted by molar-refractivity contribution is -0.115. The first-order chi connectivity index (χ1) is 15.2. The Kier molecular flexibility index (Phi) is 7.96. The quantitative estimate of drug-likeness (QED) is 0.198. The van der Waals surface area contributed by atoms with Crippen molar-refractivity contribution in [2.24, 2.45) is 0 Å². The van der Waals surface area contributed by atoms with Gasteiger partial charge in [0.05, 0.1) is 5.69 Å². The van der Waals surface area contributed by atoms with E-state index in [9.17, 15) is 9.90 Å². The Bertz CT molecular complexity index is 1150. The smallest absolute Gasteiger partial charge is 0.250 e. The molecule has 0 fully saturated rings. The van der Waals surface area contributed by atoms with E-state index in [1.807, 2.05) is 12.1 Å². The van der Waals surface area contributed by atoms with Crippen molar-refractivity contribution in [1.29, 1.82) is 0 Å². The summed E-state index contributed by atoms with van der Waals surface area (Å²) in [5.74, 6) is 0.993. The summed E-state index contributed by atoms with van der Waals surface area (Å²) < 4.78 is 5.73. The van der Waals surface area contributed by atoms with Gasteiger partial charge >= 0.3 is 0 Å². The number of rotatable bonds is 6. The Morgan fingerprint density at radius 3 is 2.56 bits per heavy atom. The zero-order chi connectivity index (χ0) is 23.3. The van der Waals surface area contributed by atoms with Gasteiger partial charge < -0.3 is 14.8 Å². The number of phenols is 1. The molecule has 3 rings (SSSR count). The molecular weight excluding hydrogens is 467 g/mol. The van der Waals surface area contributed by atoms with Gasteiger partial charge in [-0.05, 0) is 78.7 Å². The Morgan fingerprint density at radius 2 is 1.88 bits per heavy atom. The molecule has 0 saturated carbocycles. The number of anilines is 1. The van der Waals surface area contributed by atoms with E-state index in [4.69, 9.17) is 39.8 Å². The van der Waals surface area contributed by atoms with Crippen molar-refractivity contribution in [2.45, 2.75) is 26.2 Å². The summed E-state index contributed by atoms with van der Waals surface area (Å²) >= 11 is 17.3. The number of carbonyl (C=O) groups is 1. The molecule has 0 saturated heterocycles. The van der Waals surface area contributed by atoms with E-state index < -0.39 is 5.91 Å². The Hall–Kier alpha value is -2.80. The molecule has 32 heavy (non-hydrogen) atoms. The predicted octanol–water partition coefficient (Wildman–Crippen LogP) is 7.00. The number of amides is 1. The molecule has 0 aliphatic heterocycles. The van der Waals surface area contributed by atoms with Crippen molar-refractivity contribution in [3.8, 4) is 17.1 Å². The molecule has 0 radical (unpaired) electrons. The zero-order valence-corrected chi connectivity index (χ0v) is 19.8. The van der Waals surface area contributed by atoms with Crippen LogP contribution in [0.3, 0.4) is 0 Å². The highest BCUT2D eigenvalue weighted by atomic mass is 35.5. The standard InChI is InChI=1S/C24H22Cl2N2O3S/c1-3-14(2)15-4-7-21(29)20(12-15)27-24(32)28-23(30)9-6-19-5-8-22(31-19)16-10-17(25)13-18(26)11-16/h4-14,29H,3H2,1-2H3,(H2,27,28,30,32)/b9-6+/t14-/m0/s1. The molecular formula is C24H22Cl2N2O3S. The first-order valence-electron chi connectivity index (χ1n) is 9.94. The van der Waals surface area contributed by atoms with Crippen LogP contribution in [0.25, 0.3) is 17.4 Å². The predicted molar refractivity (Wildman–Crippen MR) is 134 cm³/mol. The van der Waals surface area contributed by atoms with Gasteiger partial charge in [-0.15, -0.1) is 0 Å². The van der Waals surface area contributed by atoms with Gasteiger partial charge in [-0.2, -0.15) is 0 Å². The Labute approximate surface area is 202 Å². The lowest BCUT2D eigenvalue weighted by Gasteiger charge is -2.14. The summed E-state index contributed by atoms with van der Waals surface area (Å²) in [6, 6.07) is 13.9. The van der Waals surface area contributed by atoms with Crippen LogP contribution in [0.5, 0.6) is 5.75 Å². The van der Waals surface area contributed by atoms with Crippen molar-refractivity contribution >= 4 is 58.2 Å². The molecule has 8 heteroatoms. The number of thiocarbonyl (C=S) groups is 1. The van der Waals surface area contributed by atoms with Gasteiger partial charge in [0.25, 0.3) is 0 Å². The van der Waals surface area contributed by atoms with Gasteiger partial charge in [0.2, 0.25) is 5.91 Å². The molecule has 2 aromatic carbocycles. The maximum Gasteiger partial charge on any atom is 0.250 e. The number of aromatic hydroxyl groups is 1. The van der Waals surface area contributed by atoms with Gasteiger partial charge in [0, 0.05) is 21.7 Å². The number of phenolic OH excluding ortho intramolecular Hbond substituents is 1. The second-order valence-electron chi connectivity index (χ2n) is 7.22. The molecule has 0 aliphatic carbocycles. The second kappa shape index (κ2) is 10.7. The van der Waals surface area contributed by atoms with Crippen molar-refractivity contribution in [3.05, 3.63) is 76.0 Å². The summed E-state index contributed by atoms with van der Waals surface area (Å²) in [7, 11) is 0. The molecule has 3 aromatic rings. The SMILES string of the molecule is CC[C@H](C)c1ccc(O)c(NC(=S)NC(=O)/C=C/c2ccc(-c3cc(Cl)cc(Cl)c3)o2)c1. The second-order valence-corrected chi connectivity index (χ2v) is 8.50. The third-order valence-electron chi connectivity index (χ3n) is 4.86. The van der Waals surface area contributed by atoms with Gasteiger partial charge in [0.15, 0.2) is 5.11 Å². The van der Waals surface area contributed by atoms with Crippen LogP contribution in [0, 0.1) is 0 Å². The topological polar surface area (TPSA) is 74.5 Å². The van der Waals surface area contributed by atoms with Crippen LogP contribution >= 0.6 is 35.4 Å². The third-order valence-corrected chi connectivity index (χ3v) is 5.50. The van der Waals surface area contributed by atoms with E-state index in [0.717, 1.165) is 17.5 Å². The number of benzene rings is 2. The normalized spacial score (nSPS) is 12.0. The van der Waals surface area contributed by atoms with Crippen LogP contribution < -0.4 is 10.6 Å². The van der Waals surface area contributed by atoms with Crippen LogP contribution in [0.1, 0.15) is 37.5 Å². The number of hydrogen-bond acceptors (Lipinski definition) is 4. The number of furan rings is 1. The minimum atomic E-state index is -0.441. The van der Waals surface area contributed by atoms with Crippen molar-refractivity contribution in [1.82, 2.24) is 5.32 Å². The zero-order valence-electron chi connectivity index (χ0n) is 17.5. The van der Waals surface area contributed by atoms with Crippen LogP contribution in [-0.4, -0.2) is 16.1 Å². The first-order valence-corrected chi connectivity index (χ1v) is 11.1. The Balaban J connectivity index is 1.61. The third kappa shape index (κ3) is 6.36. The minimum absolute atomic E-state index is 0.0495. The van der Waals surface area contributed by atoms with E-state index in [1.165, 1.54) is 12.2 Å². The molecule has 1 heterocycles. The van der Waals surface area contributed by atoms with Gasteiger partial charge in [-0.25, -0.2) is 0 Å². The molecule has 1 atom stereocenters. The van der Waals surface area contributed by atoms with Crippen LogP contribution in [0.2, 0.25) is 10.0 Å². The molecule has 1 amide bonds. The average molecular weight is 489 g/mol. The largest absolute Gasteiger partial charge is 0.506 e. The highest BCUT2D eigenvalue weighted by molar-refractivity contribution is 7.80. The highest BCUT2D eigenvalue weighted by Gasteiger charge is 2.10. The first kappa shape index (κ1) is 23.9. The van der Waals surface area contributed by atoms with Crippen LogP contribution in [0.4, 0.5) is 5.69 Å². The van der Waals surface area contributed by atoms with Crippen molar-refractivity contribution < 1.29 is 14.3 Å². The van der Waals surface area contributed by atoms with E-state index in [1.54, 1.807) is 36.4 Å². The maximum absolute atomic E-state index is 12.2. The fourth-order valence-corrected chi connectivity index (χ4v) is 3.69. The summed E-state index contributed by atoms with van der Waals surface area (Å²) in [5.41, 5.74) is 2.24. The fraction of sp³-hybridized carbons (Fsp3) is 0.167. The molecule has 5 nitrogen and oxygen atoms in total.